The van der Waals surface area contributed by atoms with E-state index in [-0.39, 0.29) is 11.9 Å². The fourth-order valence-corrected chi connectivity index (χ4v) is 3.74. The number of piperidine rings is 1. The smallest absolute Gasteiger partial charge is 0.271 e. The van der Waals surface area contributed by atoms with Gasteiger partial charge in [-0.1, -0.05) is 24.3 Å². The maximum absolute atomic E-state index is 13.3. The molecule has 1 aliphatic rings. The minimum absolute atomic E-state index is 0.113. The summed E-state index contributed by atoms with van der Waals surface area (Å²) in [4.78, 5) is 19.5. The molecule has 0 unspecified atom stereocenters. The molecule has 0 aliphatic carbocycles. The predicted molar refractivity (Wildman–Crippen MR) is 94.8 cm³/mol. The number of aromatic nitrogens is 2. The maximum Gasteiger partial charge on any atom is 0.271 e. The first-order valence-electron chi connectivity index (χ1n) is 8.51. The number of hydrogen-bond acceptors (Lipinski definition) is 2. The van der Waals surface area contributed by atoms with E-state index < -0.39 is 0 Å². The standard InChI is InChI=1S/C20H21N3O/c1-22-17-9-3-2-7-15(17)13-19(22)20(24)23-12-5-4-10-18(23)16-8-6-11-21-14-16/h2-3,6-9,11,13-14,18H,4-5,10,12H2,1H3/t18-/m0/s1. The quantitative estimate of drug-likeness (QED) is 0.717. The minimum Gasteiger partial charge on any atom is -0.340 e. The molecule has 1 saturated heterocycles. The largest absolute Gasteiger partial charge is 0.340 e. The molecule has 4 rings (SSSR count). The number of aryl methyl sites for hydroxylation is 1. The molecule has 0 radical (unpaired) electrons. The van der Waals surface area contributed by atoms with Crippen LogP contribution in [0.25, 0.3) is 10.9 Å². The van der Waals surface area contributed by atoms with Gasteiger partial charge in [-0.15, -0.1) is 0 Å². The molecule has 0 bridgehead atoms. The van der Waals surface area contributed by atoms with Crippen LogP contribution in [0, 0.1) is 0 Å². The van der Waals surface area contributed by atoms with Gasteiger partial charge in [0.1, 0.15) is 5.69 Å². The molecule has 1 aliphatic heterocycles. The Bertz CT molecular complexity index is 869. The molecule has 4 heteroatoms. The van der Waals surface area contributed by atoms with Crippen LogP contribution in [0.15, 0.2) is 54.9 Å². The molecule has 4 nitrogen and oxygen atoms in total. The Labute approximate surface area is 141 Å². The number of rotatable bonds is 2. The molecule has 1 atom stereocenters. The monoisotopic (exact) mass is 319 g/mol. The second-order valence-corrected chi connectivity index (χ2v) is 6.44. The molecule has 1 aromatic carbocycles. The van der Waals surface area contributed by atoms with E-state index in [0.29, 0.717) is 0 Å². The third-order valence-corrected chi connectivity index (χ3v) is 5.00. The summed E-state index contributed by atoms with van der Waals surface area (Å²) in [6.07, 6.45) is 6.88. The summed E-state index contributed by atoms with van der Waals surface area (Å²) < 4.78 is 2.01. The lowest BCUT2D eigenvalue weighted by Gasteiger charge is -2.36. The SMILES string of the molecule is Cn1c(C(=O)N2CCCC[C@H]2c2cccnc2)cc2ccccc21. The van der Waals surface area contributed by atoms with Gasteiger partial charge in [-0.2, -0.15) is 0 Å². The lowest BCUT2D eigenvalue weighted by atomic mass is 9.96. The van der Waals surface area contributed by atoms with Gasteiger partial charge in [0.25, 0.3) is 5.91 Å². The van der Waals surface area contributed by atoms with Crippen molar-refractivity contribution < 1.29 is 4.79 Å². The van der Waals surface area contributed by atoms with Crippen LogP contribution in [0.1, 0.15) is 41.4 Å². The molecular weight excluding hydrogens is 298 g/mol. The highest BCUT2D eigenvalue weighted by Crippen LogP contribution is 2.32. The van der Waals surface area contributed by atoms with Crippen molar-refractivity contribution in [1.29, 1.82) is 0 Å². The first-order valence-corrected chi connectivity index (χ1v) is 8.51. The average molecular weight is 319 g/mol. The predicted octanol–water partition coefficient (Wildman–Crippen LogP) is 3.94. The zero-order valence-corrected chi connectivity index (χ0v) is 13.9. The summed E-state index contributed by atoms with van der Waals surface area (Å²) in [7, 11) is 1.97. The zero-order chi connectivity index (χ0) is 16.5. The number of likely N-dealkylation sites (tertiary alicyclic amines) is 1. The fourth-order valence-electron chi connectivity index (χ4n) is 3.74. The van der Waals surface area contributed by atoms with Crippen molar-refractivity contribution in [2.45, 2.75) is 25.3 Å². The molecule has 122 valence electrons. The van der Waals surface area contributed by atoms with E-state index in [1.165, 1.54) is 0 Å². The Kier molecular flexibility index (Phi) is 3.81. The number of amides is 1. The summed E-state index contributed by atoms with van der Waals surface area (Å²) >= 11 is 0. The molecule has 1 amide bonds. The normalized spacial score (nSPS) is 18.0. The fraction of sp³-hybridized carbons (Fsp3) is 0.300. The maximum atomic E-state index is 13.3. The molecule has 3 heterocycles. The molecule has 0 saturated carbocycles. The van der Waals surface area contributed by atoms with Gasteiger partial charge in [0.05, 0.1) is 6.04 Å². The molecule has 1 fully saturated rings. The molecular formula is C20H21N3O. The van der Waals surface area contributed by atoms with E-state index >= 15 is 0 Å². The molecule has 24 heavy (non-hydrogen) atoms. The average Bonchev–Trinajstić information content (AvgIpc) is 2.99. The van der Waals surface area contributed by atoms with Crippen molar-refractivity contribution in [3.63, 3.8) is 0 Å². The summed E-state index contributed by atoms with van der Waals surface area (Å²) in [5.41, 5.74) is 2.98. The highest BCUT2D eigenvalue weighted by atomic mass is 16.2. The van der Waals surface area contributed by atoms with Crippen molar-refractivity contribution in [3.05, 3.63) is 66.1 Å². The van der Waals surface area contributed by atoms with E-state index in [1.807, 2.05) is 47.0 Å². The van der Waals surface area contributed by atoms with E-state index in [0.717, 1.165) is 48.0 Å². The van der Waals surface area contributed by atoms with Crippen molar-refractivity contribution in [2.24, 2.45) is 7.05 Å². The van der Waals surface area contributed by atoms with Crippen molar-refractivity contribution in [2.75, 3.05) is 6.54 Å². The minimum atomic E-state index is 0.113. The number of pyridine rings is 1. The zero-order valence-electron chi connectivity index (χ0n) is 13.9. The van der Waals surface area contributed by atoms with Crippen molar-refractivity contribution in [3.8, 4) is 0 Å². The van der Waals surface area contributed by atoms with Gasteiger partial charge < -0.3 is 9.47 Å². The van der Waals surface area contributed by atoms with E-state index in [2.05, 4.69) is 23.2 Å². The highest BCUT2D eigenvalue weighted by Gasteiger charge is 2.30. The lowest BCUT2D eigenvalue weighted by Crippen LogP contribution is -2.39. The third kappa shape index (κ3) is 2.48. The van der Waals surface area contributed by atoms with Crippen LogP contribution >= 0.6 is 0 Å². The van der Waals surface area contributed by atoms with Gasteiger partial charge in [-0.05, 0) is 43.0 Å². The van der Waals surface area contributed by atoms with Gasteiger partial charge >= 0.3 is 0 Å². The lowest BCUT2D eigenvalue weighted by molar-refractivity contribution is 0.0602. The topological polar surface area (TPSA) is 38.1 Å². The van der Waals surface area contributed by atoms with E-state index in [1.54, 1.807) is 6.20 Å². The summed E-state index contributed by atoms with van der Waals surface area (Å²) in [6, 6.07) is 14.3. The van der Waals surface area contributed by atoms with Crippen LogP contribution in [0.4, 0.5) is 0 Å². The first-order chi connectivity index (χ1) is 11.8. The Hall–Kier alpha value is -2.62. The van der Waals surface area contributed by atoms with Gasteiger partial charge in [0.15, 0.2) is 0 Å². The number of nitrogens with zero attached hydrogens (tertiary/aromatic N) is 3. The van der Waals surface area contributed by atoms with E-state index in [9.17, 15) is 4.79 Å². The highest BCUT2D eigenvalue weighted by molar-refractivity contribution is 5.99. The number of carbonyl (C=O) groups is 1. The van der Waals surface area contributed by atoms with Gasteiger partial charge in [-0.25, -0.2) is 0 Å². The molecule has 0 N–H and O–H groups in total. The Morgan fingerprint density at radius 1 is 1.17 bits per heavy atom. The van der Waals surface area contributed by atoms with E-state index in [4.69, 9.17) is 0 Å². The summed E-state index contributed by atoms with van der Waals surface area (Å²) in [5.74, 6) is 0.113. The van der Waals surface area contributed by atoms with Crippen LogP contribution in [0.5, 0.6) is 0 Å². The van der Waals surface area contributed by atoms with Crippen LogP contribution in [0.2, 0.25) is 0 Å². The second kappa shape index (κ2) is 6.11. The molecule has 3 aromatic rings. The Balaban J connectivity index is 1.72. The summed E-state index contributed by atoms with van der Waals surface area (Å²) in [5, 5.41) is 1.11. The third-order valence-electron chi connectivity index (χ3n) is 5.00. The van der Waals surface area contributed by atoms with Crippen LogP contribution in [-0.2, 0) is 7.05 Å². The van der Waals surface area contributed by atoms with Crippen LogP contribution in [0.3, 0.4) is 0 Å². The van der Waals surface area contributed by atoms with Crippen LogP contribution in [-0.4, -0.2) is 26.9 Å². The number of hydrogen-bond donors (Lipinski definition) is 0. The molecule has 0 spiro atoms. The second-order valence-electron chi connectivity index (χ2n) is 6.44. The van der Waals surface area contributed by atoms with Gasteiger partial charge in [-0.3, -0.25) is 9.78 Å². The first kappa shape index (κ1) is 14.9. The van der Waals surface area contributed by atoms with Gasteiger partial charge in [0, 0.05) is 36.9 Å². The van der Waals surface area contributed by atoms with Crippen molar-refractivity contribution >= 4 is 16.8 Å². The van der Waals surface area contributed by atoms with Gasteiger partial charge in [0.2, 0.25) is 0 Å². The number of fused-ring (bicyclic) bond motifs is 1. The van der Waals surface area contributed by atoms with Crippen LogP contribution < -0.4 is 0 Å². The number of benzene rings is 1. The Morgan fingerprint density at radius 2 is 2.04 bits per heavy atom. The molecule has 2 aromatic heterocycles. The number of carbonyl (C=O) groups excluding carboxylic acids is 1. The summed E-state index contributed by atoms with van der Waals surface area (Å²) in [6.45, 7) is 0.805. The van der Waals surface area contributed by atoms with Crippen molar-refractivity contribution in [1.82, 2.24) is 14.5 Å². The number of para-hydroxylation sites is 1. The Morgan fingerprint density at radius 3 is 2.83 bits per heavy atom.